The molecule has 0 radical (unpaired) electrons. The molecule has 0 aliphatic rings. The molecular formula is C34H48F3N5O5S. The van der Waals surface area contributed by atoms with Crippen molar-refractivity contribution in [1.82, 2.24) is 20.3 Å². The van der Waals surface area contributed by atoms with Crippen molar-refractivity contribution in [3.8, 4) is 0 Å². The molecular weight excluding hydrogens is 647 g/mol. The molecule has 3 amide bonds. The molecule has 3 atom stereocenters. The summed E-state index contributed by atoms with van der Waals surface area (Å²) >= 11 is 0. The van der Waals surface area contributed by atoms with Gasteiger partial charge in [-0.25, -0.2) is 13.1 Å². The molecule has 48 heavy (non-hydrogen) atoms. The summed E-state index contributed by atoms with van der Waals surface area (Å²) in [5, 5.41) is 6.03. The van der Waals surface area contributed by atoms with Gasteiger partial charge in [0.25, 0.3) is 15.9 Å². The van der Waals surface area contributed by atoms with Gasteiger partial charge in [0.2, 0.25) is 11.8 Å². The number of alkyl halides is 3. The zero-order valence-corrected chi connectivity index (χ0v) is 29.9. The molecule has 5 N–H and O–H groups in total. The monoisotopic (exact) mass is 695 g/mol. The Morgan fingerprint density at radius 2 is 1.50 bits per heavy atom. The number of nitrogens with zero attached hydrogens (tertiary/aromatic N) is 1. The highest BCUT2D eigenvalue weighted by Crippen LogP contribution is 2.35. The van der Waals surface area contributed by atoms with E-state index in [9.17, 15) is 36.0 Å². The van der Waals surface area contributed by atoms with Crippen molar-refractivity contribution >= 4 is 33.4 Å². The van der Waals surface area contributed by atoms with Gasteiger partial charge in [0.05, 0.1) is 22.5 Å². The Morgan fingerprint density at radius 3 is 1.98 bits per heavy atom. The maximum absolute atomic E-state index is 14.1. The molecule has 14 heteroatoms. The third kappa shape index (κ3) is 9.59. The second-order valence-corrected chi connectivity index (χ2v) is 15.5. The third-order valence-corrected chi connectivity index (χ3v) is 9.64. The maximum Gasteiger partial charge on any atom is 0.418 e. The number of anilines is 1. The number of hydrogen-bond acceptors (Lipinski definition) is 7. The topological polar surface area (TPSA) is 151 Å². The summed E-state index contributed by atoms with van der Waals surface area (Å²) in [5.74, 6) is -2.20. The summed E-state index contributed by atoms with van der Waals surface area (Å²) in [6.07, 6.45) is -3.50. The lowest BCUT2D eigenvalue weighted by Crippen LogP contribution is -2.61. The highest BCUT2D eigenvalue weighted by molar-refractivity contribution is 7.90. The minimum atomic E-state index is -4.91. The standard InChI is InChI=1S/C34H48F3N5O5S/c1-20(2)26(18-21(3)29(43)41-48(46,47)23-16-17-25(38)24(19-23)34(35,36)37)42(10)31(45)28(32(4,5)6)40-30(44)27(39-9)33(7,8)22-14-12-11-13-15-22/h11-20,26-28,39H,38H2,1-10H3,(H,40,44)(H,41,43)/b21-18+/t26-,27-,28?/m1/s1. The van der Waals surface area contributed by atoms with E-state index in [1.807, 2.05) is 65.0 Å². The Hall–Kier alpha value is -3.91. The van der Waals surface area contributed by atoms with E-state index < -0.39 is 73.1 Å². The zero-order valence-electron chi connectivity index (χ0n) is 29.1. The number of likely N-dealkylation sites (N-methyl/N-ethyl adjacent to an activating group) is 2. The number of nitrogens with two attached hydrogens (primary N) is 1. The van der Waals surface area contributed by atoms with E-state index >= 15 is 0 Å². The van der Waals surface area contributed by atoms with Crippen molar-refractivity contribution in [2.45, 2.75) is 90.0 Å². The number of nitrogens with one attached hydrogen (secondary N) is 3. The second-order valence-electron chi connectivity index (χ2n) is 13.8. The summed E-state index contributed by atoms with van der Waals surface area (Å²) in [5.41, 5.74) is 2.80. The van der Waals surface area contributed by atoms with Gasteiger partial charge < -0.3 is 21.3 Å². The first kappa shape index (κ1) is 40.3. The van der Waals surface area contributed by atoms with E-state index in [-0.39, 0.29) is 17.4 Å². The number of benzene rings is 2. The average molecular weight is 696 g/mol. The van der Waals surface area contributed by atoms with Gasteiger partial charge in [0, 0.05) is 23.7 Å². The normalized spacial score (nSPS) is 15.0. The predicted octanol–water partition coefficient (Wildman–Crippen LogP) is 4.62. The largest absolute Gasteiger partial charge is 0.418 e. The van der Waals surface area contributed by atoms with Crippen molar-refractivity contribution in [3.05, 3.63) is 71.3 Å². The molecule has 0 heterocycles. The van der Waals surface area contributed by atoms with Crippen LogP contribution in [0.4, 0.5) is 18.9 Å². The fourth-order valence-corrected chi connectivity index (χ4v) is 6.41. The molecule has 0 saturated carbocycles. The molecule has 0 bridgehead atoms. The summed E-state index contributed by atoms with van der Waals surface area (Å²) in [6.45, 7) is 14.2. The second kappa shape index (κ2) is 15.1. The van der Waals surface area contributed by atoms with Crippen LogP contribution in [0, 0.1) is 11.3 Å². The van der Waals surface area contributed by atoms with E-state index in [4.69, 9.17) is 5.73 Å². The van der Waals surface area contributed by atoms with Crippen LogP contribution < -0.4 is 21.1 Å². The molecule has 266 valence electrons. The molecule has 0 saturated heterocycles. The van der Waals surface area contributed by atoms with Gasteiger partial charge in [0.15, 0.2) is 0 Å². The Labute approximate surface area is 281 Å². The Balaban J connectivity index is 2.36. The van der Waals surface area contributed by atoms with Crippen LogP contribution >= 0.6 is 0 Å². The quantitative estimate of drug-likeness (QED) is 0.187. The van der Waals surface area contributed by atoms with Crippen molar-refractivity contribution in [2.75, 3.05) is 19.8 Å². The number of hydrogen-bond donors (Lipinski definition) is 4. The average Bonchev–Trinajstić information content (AvgIpc) is 2.97. The Kier molecular flexibility index (Phi) is 12.7. The van der Waals surface area contributed by atoms with Crippen LogP contribution in [0.3, 0.4) is 0 Å². The van der Waals surface area contributed by atoms with E-state index in [0.29, 0.717) is 6.07 Å². The van der Waals surface area contributed by atoms with Gasteiger partial charge in [-0.15, -0.1) is 0 Å². The lowest BCUT2D eigenvalue weighted by atomic mass is 9.76. The van der Waals surface area contributed by atoms with Crippen LogP contribution in [0.2, 0.25) is 0 Å². The van der Waals surface area contributed by atoms with Crippen LogP contribution in [-0.2, 0) is 36.0 Å². The van der Waals surface area contributed by atoms with Crippen molar-refractivity contribution in [3.63, 3.8) is 0 Å². The first-order valence-corrected chi connectivity index (χ1v) is 16.9. The van der Waals surface area contributed by atoms with E-state index in [1.165, 1.54) is 24.9 Å². The van der Waals surface area contributed by atoms with Gasteiger partial charge in [-0.05, 0) is 49.1 Å². The third-order valence-electron chi connectivity index (χ3n) is 8.31. The minimum absolute atomic E-state index is 0.0976. The molecule has 0 aromatic heterocycles. The molecule has 10 nitrogen and oxygen atoms in total. The molecule has 0 fully saturated rings. The molecule has 0 aliphatic heterocycles. The van der Waals surface area contributed by atoms with E-state index in [1.54, 1.807) is 25.6 Å². The number of carbonyl (C=O) groups excluding carboxylic acids is 3. The first-order chi connectivity index (χ1) is 21.9. The lowest BCUT2D eigenvalue weighted by molar-refractivity contribution is -0.141. The highest BCUT2D eigenvalue weighted by atomic mass is 32.2. The SMILES string of the molecule is CN[C@H](C(=O)NC(C(=O)N(C)[C@H](/C=C(\C)C(=O)NS(=O)(=O)c1ccc(N)c(C(F)(F)F)c1)C(C)C)C(C)(C)C)C(C)(C)c1ccccc1. The predicted molar refractivity (Wildman–Crippen MR) is 180 cm³/mol. The number of halogens is 3. The molecule has 0 aliphatic carbocycles. The number of nitrogen functional groups attached to an aromatic ring is 1. The summed E-state index contributed by atoms with van der Waals surface area (Å²) < 4.78 is 67.5. The minimum Gasteiger partial charge on any atom is -0.398 e. The van der Waals surface area contributed by atoms with Crippen molar-refractivity contribution < 1.29 is 36.0 Å². The molecule has 2 aromatic rings. The Bertz CT molecular complexity index is 1620. The van der Waals surface area contributed by atoms with Gasteiger partial charge in [-0.1, -0.05) is 84.9 Å². The van der Waals surface area contributed by atoms with Crippen molar-refractivity contribution in [1.29, 1.82) is 0 Å². The smallest absolute Gasteiger partial charge is 0.398 e. The van der Waals surface area contributed by atoms with Crippen molar-refractivity contribution in [2.24, 2.45) is 11.3 Å². The molecule has 1 unspecified atom stereocenters. The molecule has 2 rings (SSSR count). The summed E-state index contributed by atoms with van der Waals surface area (Å²) in [6, 6.07) is 9.10. The fraction of sp³-hybridized carbons (Fsp3) is 0.500. The zero-order chi connectivity index (χ0) is 37.0. The van der Waals surface area contributed by atoms with Crippen LogP contribution in [0.15, 0.2) is 65.1 Å². The van der Waals surface area contributed by atoms with Crippen LogP contribution in [0.25, 0.3) is 0 Å². The fourth-order valence-electron chi connectivity index (χ4n) is 5.37. The van der Waals surface area contributed by atoms with Crippen LogP contribution in [-0.4, -0.2) is 63.3 Å². The Morgan fingerprint density at radius 1 is 0.938 bits per heavy atom. The number of amides is 3. The van der Waals surface area contributed by atoms with Gasteiger partial charge in [0.1, 0.15) is 6.04 Å². The van der Waals surface area contributed by atoms with E-state index in [0.717, 1.165) is 17.7 Å². The van der Waals surface area contributed by atoms with E-state index in [2.05, 4.69) is 10.6 Å². The van der Waals surface area contributed by atoms with Crippen LogP contribution in [0.1, 0.15) is 66.5 Å². The highest BCUT2D eigenvalue weighted by Gasteiger charge is 2.42. The first-order valence-electron chi connectivity index (χ1n) is 15.4. The number of rotatable bonds is 12. The number of sulfonamides is 1. The van der Waals surface area contributed by atoms with Gasteiger partial charge in [-0.2, -0.15) is 13.2 Å². The van der Waals surface area contributed by atoms with Gasteiger partial charge in [-0.3, -0.25) is 14.4 Å². The number of carbonyl (C=O) groups is 3. The maximum atomic E-state index is 14.1. The van der Waals surface area contributed by atoms with Crippen LogP contribution in [0.5, 0.6) is 0 Å². The molecule has 2 aromatic carbocycles. The summed E-state index contributed by atoms with van der Waals surface area (Å²) in [4.78, 5) is 41.4. The molecule has 0 spiro atoms. The lowest BCUT2D eigenvalue weighted by Gasteiger charge is -2.40. The van der Waals surface area contributed by atoms with Gasteiger partial charge >= 0.3 is 6.18 Å². The summed E-state index contributed by atoms with van der Waals surface area (Å²) in [7, 11) is -1.52.